The maximum Gasteiger partial charge on any atom is 0.306 e. The molecule has 0 fully saturated rings. The Morgan fingerprint density at radius 1 is 0.304 bits per heavy atom. The number of hydrogen-bond donors (Lipinski definition) is 0. The van der Waals surface area contributed by atoms with Crippen LogP contribution in [0.1, 0.15) is 149 Å². The molecule has 0 spiro atoms. The van der Waals surface area contributed by atoms with Gasteiger partial charge in [0.25, 0.3) is 0 Å². The second kappa shape index (κ2) is 54.6. The van der Waals surface area contributed by atoms with E-state index in [0.29, 0.717) is 19.3 Å². The third-order valence-electron chi connectivity index (χ3n) is 9.59. The van der Waals surface area contributed by atoms with Gasteiger partial charge in [-0.3, -0.25) is 14.4 Å². The minimum absolute atomic E-state index is 0.152. The molecule has 0 aliphatic rings. The smallest absolute Gasteiger partial charge is 0.306 e. The first-order valence-corrected chi connectivity index (χ1v) is 25.8. The molecule has 69 heavy (non-hydrogen) atoms. The molecule has 0 aliphatic heterocycles. The molecule has 0 aromatic heterocycles. The van der Waals surface area contributed by atoms with Crippen LogP contribution in [-0.4, -0.2) is 37.2 Å². The zero-order chi connectivity index (χ0) is 50.0. The van der Waals surface area contributed by atoms with Crippen LogP contribution in [-0.2, 0) is 28.6 Å². The molecule has 376 valence electrons. The molecule has 0 saturated carbocycles. The fourth-order valence-corrected chi connectivity index (χ4v) is 5.83. The molecular formula is C63H88O6. The summed E-state index contributed by atoms with van der Waals surface area (Å²) in [6.45, 7) is 6.06. The number of hydrogen-bond acceptors (Lipinski definition) is 6. The van der Waals surface area contributed by atoms with Crippen molar-refractivity contribution >= 4 is 17.9 Å². The van der Waals surface area contributed by atoms with Crippen LogP contribution in [0.5, 0.6) is 0 Å². The van der Waals surface area contributed by atoms with Crippen molar-refractivity contribution in [2.75, 3.05) is 13.2 Å². The van der Waals surface area contributed by atoms with E-state index in [9.17, 15) is 14.4 Å². The molecule has 0 amide bonds. The Bertz CT molecular complexity index is 1790. The van der Waals surface area contributed by atoms with E-state index in [1.165, 1.54) is 0 Å². The zero-order valence-electron chi connectivity index (χ0n) is 42.7. The normalized spacial score (nSPS) is 13.8. The second-order valence-electron chi connectivity index (χ2n) is 15.9. The lowest BCUT2D eigenvalue weighted by Crippen LogP contribution is -2.30. The third kappa shape index (κ3) is 52.8. The summed E-state index contributed by atoms with van der Waals surface area (Å²) in [6, 6.07) is 0. The van der Waals surface area contributed by atoms with Gasteiger partial charge < -0.3 is 14.2 Å². The van der Waals surface area contributed by atoms with E-state index in [1.54, 1.807) is 0 Å². The van der Waals surface area contributed by atoms with Gasteiger partial charge in [0, 0.05) is 19.3 Å². The van der Waals surface area contributed by atoms with Crippen LogP contribution in [0.15, 0.2) is 207 Å². The predicted octanol–water partition coefficient (Wildman–Crippen LogP) is 17.3. The molecule has 6 nitrogen and oxygen atoms in total. The van der Waals surface area contributed by atoms with Crippen LogP contribution in [0.3, 0.4) is 0 Å². The molecule has 1 unspecified atom stereocenters. The molecule has 0 rings (SSSR count). The van der Waals surface area contributed by atoms with Crippen molar-refractivity contribution in [1.82, 2.24) is 0 Å². The Kier molecular flexibility index (Phi) is 49.8. The number of rotatable bonds is 42. The average molecular weight is 941 g/mol. The van der Waals surface area contributed by atoms with Crippen molar-refractivity contribution in [2.24, 2.45) is 0 Å². The number of esters is 3. The number of unbranched alkanes of at least 4 members (excludes halogenated alkanes) is 7. The summed E-state index contributed by atoms with van der Waals surface area (Å²) in [5, 5.41) is 0. The van der Waals surface area contributed by atoms with Gasteiger partial charge in [0.2, 0.25) is 0 Å². The lowest BCUT2D eigenvalue weighted by molar-refractivity contribution is -0.167. The van der Waals surface area contributed by atoms with E-state index in [2.05, 4.69) is 106 Å². The number of allylic oxidation sites excluding steroid dienone is 34. The minimum atomic E-state index is -0.859. The van der Waals surface area contributed by atoms with Crippen LogP contribution in [0, 0.1) is 0 Å². The van der Waals surface area contributed by atoms with Crippen LogP contribution >= 0.6 is 0 Å². The number of carbonyl (C=O) groups is 3. The fraction of sp³-hybridized carbons (Fsp3) is 0.413. The monoisotopic (exact) mass is 941 g/mol. The maximum atomic E-state index is 12.8. The first-order valence-electron chi connectivity index (χ1n) is 25.8. The molecule has 0 aromatic rings. The number of ether oxygens (including phenoxy) is 3. The van der Waals surface area contributed by atoms with Gasteiger partial charge in [-0.15, -0.1) is 0 Å². The van der Waals surface area contributed by atoms with Crippen molar-refractivity contribution in [1.29, 1.82) is 0 Å². The zero-order valence-corrected chi connectivity index (χ0v) is 42.7. The predicted molar refractivity (Wildman–Crippen MR) is 297 cm³/mol. The van der Waals surface area contributed by atoms with Crippen molar-refractivity contribution in [3.8, 4) is 0 Å². The van der Waals surface area contributed by atoms with Crippen molar-refractivity contribution in [2.45, 2.75) is 155 Å². The molecular weight excluding hydrogens is 853 g/mol. The van der Waals surface area contributed by atoms with E-state index in [-0.39, 0.29) is 44.4 Å². The maximum absolute atomic E-state index is 12.8. The summed E-state index contributed by atoms with van der Waals surface area (Å²) < 4.78 is 16.7. The quantitative estimate of drug-likeness (QED) is 0.0199. The Labute approximate surface area is 419 Å². The molecule has 0 heterocycles. The molecule has 0 aromatic carbocycles. The van der Waals surface area contributed by atoms with E-state index in [0.717, 1.165) is 89.9 Å². The summed E-state index contributed by atoms with van der Waals surface area (Å²) >= 11 is 0. The Balaban J connectivity index is 4.72. The minimum Gasteiger partial charge on any atom is -0.462 e. The van der Waals surface area contributed by atoms with Gasteiger partial charge in [-0.25, -0.2) is 0 Å². The Hall–Kier alpha value is -6.01. The van der Waals surface area contributed by atoms with Crippen LogP contribution in [0.2, 0.25) is 0 Å². The Morgan fingerprint density at radius 2 is 0.609 bits per heavy atom. The van der Waals surface area contributed by atoms with E-state index < -0.39 is 12.1 Å². The third-order valence-corrected chi connectivity index (χ3v) is 9.59. The highest BCUT2D eigenvalue weighted by atomic mass is 16.6. The average Bonchev–Trinajstić information content (AvgIpc) is 3.35. The summed E-state index contributed by atoms with van der Waals surface area (Å²) in [4.78, 5) is 38.0. The lowest BCUT2D eigenvalue weighted by Gasteiger charge is -2.18. The molecule has 0 saturated heterocycles. The topological polar surface area (TPSA) is 78.9 Å². The molecule has 1 atom stereocenters. The van der Waals surface area contributed by atoms with Gasteiger partial charge in [0.1, 0.15) is 13.2 Å². The highest BCUT2D eigenvalue weighted by Crippen LogP contribution is 2.10. The summed E-state index contributed by atoms with van der Waals surface area (Å²) in [5.41, 5.74) is 0. The first kappa shape index (κ1) is 63.0. The van der Waals surface area contributed by atoms with Gasteiger partial charge in [-0.2, -0.15) is 0 Å². The number of carbonyl (C=O) groups excluding carboxylic acids is 3. The Morgan fingerprint density at radius 3 is 0.986 bits per heavy atom. The van der Waals surface area contributed by atoms with Crippen LogP contribution in [0.25, 0.3) is 0 Å². The lowest BCUT2D eigenvalue weighted by atomic mass is 10.1. The highest BCUT2D eigenvalue weighted by Gasteiger charge is 2.19. The largest absolute Gasteiger partial charge is 0.462 e. The highest BCUT2D eigenvalue weighted by molar-refractivity contribution is 5.71. The molecule has 0 aliphatic carbocycles. The van der Waals surface area contributed by atoms with Crippen molar-refractivity contribution in [3.05, 3.63) is 207 Å². The molecule has 0 bridgehead atoms. The standard InChI is InChI=1S/C63H88O6/c1-4-7-10-13-16-19-22-25-28-30-31-33-35-38-41-44-47-50-53-56-62(65)68-59-60(58-67-61(64)55-52-49-46-43-40-37-34-27-24-21-18-15-12-9-6-3)69-63(66)57-54-51-48-45-42-39-36-32-29-26-23-20-17-14-11-8-5-2/h7-13,15-22,24-31,33-41,45,48,60H,4-6,14,23,32,42-44,46-47,49-59H2,1-3H3/b10-7-,11-8-,12-9-,16-13-,18-15-,20-17-,22-19-,24-21-,28-25-,29-26-,31-30+,34-27-,35-33-,39-36-,40-37-,41-38-,48-45-. The van der Waals surface area contributed by atoms with E-state index >= 15 is 0 Å². The first-order chi connectivity index (χ1) is 34.0. The van der Waals surface area contributed by atoms with Crippen molar-refractivity contribution in [3.63, 3.8) is 0 Å². The molecule has 0 radical (unpaired) electrons. The SMILES string of the molecule is CC\C=C/C=C\C=C/C=C\C=C/CCCCCC(=O)OCC(COC(=O)CCCCC\C=C/C=C\C=C\C=C/C=C\C=C/C=C\CC)OC(=O)CCC/C=C\C/C=C\C/C=C\C/C=C\C/C=C\CC. The summed E-state index contributed by atoms with van der Waals surface area (Å²) in [7, 11) is 0. The van der Waals surface area contributed by atoms with Gasteiger partial charge >= 0.3 is 17.9 Å². The van der Waals surface area contributed by atoms with Gasteiger partial charge in [0.05, 0.1) is 0 Å². The summed E-state index contributed by atoms with van der Waals surface area (Å²) in [6.07, 6.45) is 85.2. The molecule has 6 heteroatoms. The second-order valence-corrected chi connectivity index (χ2v) is 15.9. The van der Waals surface area contributed by atoms with Gasteiger partial charge in [0.15, 0.2) is 6.10 Å². The molecule has 0 N–H and O–H groups in total. The summed E-state index contributed by atoms with van der Waals surface area (Å²) in [5.74, 6) is -1.12. The van der Waals surface area contributed by atoms with E-state index in [1.807, 2.05) is 122 Å². The van der Waals surface area contributed by atoms with Crippen molar-refractivity contribution < 1.29 is 28.6 Å². The van der Waals surface area contributed by atoms with Crippen LogP contribution in [0.4, 0.5) is 0 Å². The van der Waals surface area contributed by atoms with E-state index in [4.69, 9.17) is 14.2 Å². The van der Waals surface area contributed by atoms with Gasteiger partial charge in [-0.05, 0) is 96.3 Å². The van der Waals surface area contributed by atoms with Crippen LogP contribution < -0.4 is 0 Å². The fourth-order valence-electron chi connectivity index (χ4n) is 5.83. The van der Waals surface area contributed by atoms with Gasteiger partial charge in [-0.1, -0.05) is 240 Å².